The molecule has 1 heterocycles. The molecule has 45 heavy (non-hydrogen) atoms. The fourth-order valence-corrected chi connectivity index (χ4v) is 8.42. The number of carbonyl (C=O) groups is 3. The highest BCUT2D eigenvalue weighted by atomic mass is 35.5. The molecule has 0 spiro atoms. The minimum atomic E-state index is -1.17. The first kappa shape index (κ1) is 29.6. The molecule has 6 nitrogen and oxygen atoms in total. The van der Waals surface area contributed by atoms with E-state index in [0.29, 0.717) is 37.1 Å². The lowest BCUT2D eigenvalue weighted by Crippen LogP contribution is -2.57. The van der Waals surface area contributed by atoms with E-state index in [9.17, 15) is 14.4 Å². The van der Waals surface area contributed by atoms with Gasteiger partial charge in [0.15, 0.2) is 0 Å². The molecule has 8 heteroatoms. The number of aryl methyl sites for hydroxylation is 1. The van der Waals surface area contributed by atoms with Crippen LogP contribution in [0.25, 0.3) is 0 Å². The highest BCUT2D eigenvalue weighted by Gasteiger charge is 2.72. The van der Waals surface area contributed by atoms with Gasteiger partial charge in [-0.25, -0.2) is 0 Å². The van der Waals surface area contributed by atoms with Crippen molar-refractivity contribution in [1.82, 2.24) is 4.90 Å². The van der Waals surface area contributed by atoms with Crippen molar-refractivity contribution in [3.05, 3.63) is 125 Å². The van der Waals surface area contributed by atoms with E-state index in [-0.39, 0.29) is 24.3 Å². The van der Waals surface area contributed by atoms with Gasteiger partial charge in [0.1, 0.15) is 21.2 Å². The quantitative estimate of drug-likeness (QED) is 0.115. The second-order valence-electron chi connectivity index (χ2n) is 12.1. The zero-order valence-corrected chi connectivity index (χ0v) is 26.3. The molecule has 1 fully saturated rings. The summed E-state index contributed by atoms with van der Waals surface area (Å²) in [6, 6.07) is 30.3. The van der Waals surface area contributed by atoms with E-state index < -0.39 is 21.6 Å². The van der Waals surface area contributed by atoms with Gasteiger partial charge >= 0.3 is 0 Å². The molecule has 2 bridgehead atoms. The van der Waals surface area contributed by atoms with Crippen molar-refractivity contribution < 1.29 is 19.1 Å². The van der Waals surface area contributed by atoms with Crippen LogP contribution in [0.4, 0.5) is 5.69 Å². The number of alkyl halides is 2. The van der Waals surface area contributed by atoms with Gasteiger partial charge in [0.2, 0.25) is 17.7 Å². The number of unbranched alkanes of at least 4 members (excludes halogenated alkanes) is 2. The van der Waals surface area contributed by atoms with Crippen molar-refractivity contribution in [1.29, 1.82) is 0 Å². The number of anilines is 1. The Morgan fingerprint density at radius 1 is 0.733 bits per heavy atom. The Bertz CT molecular complexity index is 1700. The van der Waals surface area contributed by atoms with Gasteiger partial charge in [-0.05, 0) is 84.0 Å². The number of nitrogens with zero attached hydrogens (tertiary/aromatic N) is 1. The molecule has 228 valence electrons. The lowest BCUT2D eigenvalue weighted by Gasteiger charge is -2.54. The van der Waals surface area contributed by atoms with Crippen LogP contribution < -0.4 is 10.1 Å². The number of hydrogen-bond acceptors (Lipinski definition) is 4. The number of rotatable bonds is 9. The zero-order valence-electron chi connectivity index (χ0n) is 24.8. The predicted molar refractivity (Wildman–Crippen MR) is 175 cm³/mol. The first-order valence-corrected chi connectivity index (χ1v) is 16.1. The van der Waals surface area contributed by atoms with Gasteiger partial charge < -0.3 is 10.1 Å². The molecule has 2 atom stereocenters. The van der Waals surface area contributed by atoms with Crippen molar-refractivity contribution in [2.45, 2.75) is 42.4 Å². The molecule has 1 aliphatic heterocycles. The summed E-state index contributed by atoms with van der Waals surface area (Å²) < 4.78 is 5.88. The molecule has 0 unspecified atom stereocenters. The molecule has 4 aromatic rings. The van der Waals surface area contributed by atoms with Crippen LogP contribution in [0.1, 0.15) is 53.5 Å². The number of benzene rings is 4. The number of ether oxygens (including phenoxy) is 1. The Hall–Kier alpha value is -4.13. The first-order chi connectivity index (χ1) is 21.7. The van der Waals surface area contributed by atoms with E-state index in [0.717, 1.165) is 33.6 Å². The molecule has 4 aliphatic rings. The lowest BCUT2D eigenvalue weighted by molar-refractivity contribution is -0.140. The van der Waals surface area contributed by atoms with Crippen LogP contribution >= 0.6 is 23.2 Å². The maximum Gasteiger partial charge on any atom is 0.235 e. The summed E-state index contributed by atoms with van der Waals surface area (Å²) in [5, 5.41) is 2.92. The van der Waals surface area contributed by atoms with Crippen LogP contribution in [-0.4, -0.2) is 29.2 Å². The van der Waals surface area contributed by atoms with E-state index in [1.54, 1.807) is 0 Å². The third kappa shape index (κ3) is 4.74. The minimum Gasteiger partial charge on any atom is -0.457 e. The van der Waals surface area contributed by atoms with Crippen LogP contribution in [0.5, 0.6) is 11.5 Å². The van der Waals surface area contributed by atoms with Gasteiger partial charge in [-0.1, -0.05) is 67.1 Å². The third-order valence-electron chi connectivity index (χ3n) is 9.33. The standard InChI is InChI=1S/C37H32Cl2N2O4/c1-23-10-9-11-26(22-23)45-25-19-17-24(18-20-25)40-31(42)16-3-2-8-21-41-34(43)32-33(35(41)44)37(39)28-13-5-4-12-27(28)36(32,38)29-14-6-7-15-30(29)37/h4-7,9-15,17-20,22,32-33H,2-3,8,16,21H2,1H3,(H,40,42)/t32-,33-,36?,37?/m1/s1. The van der Waals surface area contributed by atoms with Crippen molar-refractivity contribution >= 4 is 46.6 Å². The second kappa shape index (κ2) is 11.3. The number of amides is 3. The lowest BCUT2D eigenvalue weighted by atomic mass is 9.54. The summed E-state index contributed by atoms with van der Waals surface area (Å²) in [4.78, 5) is 39.4. The smallest absolute Gasteiger partial charge is 0.235 e. The van der Waals surface area contributed by atoms with Gasteiger partial charge in [-0.2, -0.15) is 0 Å². The van der Waals surface area contributed by atoms with Gasteiger partial charge in [-0.15, -0.1) is 23.2 Å². The van der Waals surface area contributed by atoms with Crippen molar-refractivity contribution in [3.8, 4) is 11.5 Å². The summed E-state index contributed by atoms with van der Waals surface area (Å²) in [6.07, 6.45) is 2.22. The number of hydrogen-bond donors (Lipinski definition) is 1. The summed E-state index contributed by atoms with van der Waals surface area (Å²) in [7, 11) is 0. The Morgan fingerprint density at radius 2 is 1.29 bits per heavy atom. The molecule has 1 N–H and O–H groups in total. The largest absolute Gasteiger partial charge is 0.457 e. The molecule has 1 saturated heterocycles. The highest BCUT2D eigenvalue weighted by molar-refractivity contribution is 6.36. The minimum absolute atomic E-state index is 0.0954. The van der Waals surface area contributed by atoms with E-state index >= 15 is 0 Å². The van der Waals surface area contributed by atoms with Crippen molar-refractivity contribution in [2.75, 3.05) is 11.9 Å². The van der Waals surface area contributed by atoms with Crippen LogP contribution in [0.2, 0.25) is 0 Å². The Labute approximate surface area is 272 Å². The average Bonchev–Trinajstić information content (AvgIpc) is 3.30. The molecular formula is C37H32Cl2N2O4. The molecule has 8 rings (SSSR count). The van der Waals surface area contributed by atoms with Crippen molar-refractivity contribution in [3.63, 3.8) is 0 Å². The Balaban J connectivity index is 0.954. The van der Waals surface area contributed by atoms with Crippen LogP contribution in [-0.2, 0) is 24.1 Å². The van der Waals surface area contributed by atoms with Gasteiger partial charge in [0.25, 0.3) is 0 Å². The molecule has 0 saturated carbocycles. The van der Waals surface area contributed by atoms with Gasteiger partial charge in [-0.3, -0.25) is 19.3 Å². The SMILES string of the molecule is Cc1cccc(Oc2ccc(NC(=O)CCCCCN3C(=O)[C@H]4[C@H](C3=O)C3(Cl)c5ccccc5C4(Cl)c4ccccc43)cc2)c1. The summed E-state index contributed by atoms with van der Waals surface area (Å²) in [5.74, 6) is -0.771. The number of nitrogens with one attached hydrogen (secondary N) is 1. The molecular weight excluding hydrogens is 607 g/mol. The summed E-state index contributed by atoms with van der Waals surface area (Å²) in [5.41, 5.74) is 4.99. The number of halogens is 2. The van der Waals surface area contributed by atoms with E-state index in [4.69, 9.17) is 27.9 Å². The number of imide groups is 1. The molecule has 0 aromatic heterocycles. The van der Waals surface area contributed by atoms with Gasteiger partial charge in [0, 0.05) is 18.7 Å². The van der Waals surface area contributed by atoms with Crippen molar-refractivity contribution in [2.24, 2.45) is 11.8 Å². The Kier molecular flexibility index (Phi) is 7.46. The fraction of sp³-hybridized carbons (Fsp3) is 0.270. The van der Waals surface area contributed by atoms with Crippen LogP contribution in [0, 0.1) is 18.8 Å². The first-order valence-electron chi connectivity index (χ1n) is 15.3. The second-order valence-corrected chi connectivity index (χ2v) is 13.3. The van der Waals surface area contributed by atoms with E-state index in [2.05, 4.69) is 5.32 Å². The molecule has 3 aliphatic carbocycles. The van der Waals surface area contributed by atoms with E-state index in [1.165, 1.54) is 4.90 Å². The number of carbonyl (C=O) groups excluding carboxylic acids is 3. The molecule has 4 aromatic carbocycles. The normalized spacial score (nSPS) is 24.2. The van der Waals surface area contributed by atoms with E-state index in [1.807, 2.05) is 104 Å². The van der Waals surface area contributed by atoms with Crippen LogP contribution in [0.3, 0.4) is 0 Å². The molecule has 3 amide bonds. The molecule has 0 radical (unpaired) electrons. The maximum absolute atomic E-state index is 13.9. The summed E-state index contributed by atoms with van der Waals surface area (Å²) >= 11 is 14.9. The van der Waals surface area contributed by atoms with Crippen LogP contribution in [0.15, 0.2) is 97.1 Å². The topological polar surface area (TPSA) is 75.7 Å². The predicted octanol–water partition coefficient (Wildman–Crippen LogP) is 7.88. The average molecular weight is 640 g/mol. The monoisotopic (exact) mass is 638 g/mol. The number of likely N-dealkylation sites (tertiary alicyclic amines) is 1. The summed E-state index contributed by atoms with van der Waals surface area (Å²) in [6.45, 7) is 2.27. The zero-order chi connectivity index (χ0) is 31.3. The third-order valence-corrected chi connectivity index (χ3v) is 10.6. The Morgan fingerprint density at radius 3 is 1.82 bits per heavy atom. The van der Waals surface area contributed by atoms with Gasteiger partial charge in [0.05, 0.1) is 11.8 Å². The maximum atomic E-state index is 13.9. The highest BCUT2D eigenvalue weighted by Crippen LogP contribution is 2.69. The fourth-order valence-electron chi connectivity index (χ4n) is 7.32.